The summed E-state index contributed by atoms with van der Waals surface area (Å²) in [5.41, 5.74) is 0.893. The number of hydrogen-bond acceptors (Lipinski definition) is 3. The summed E-state index contributed by atoms with van der Waals surface area (Å²) in [6.45, 7) is 0. The van der Waals surface area contributed by atoms with Gasteiger partial charge in [0.1, 0.15) is 0 Å². The van der Waals surface area contributed by atoms with Gasteiger partial charge in [0.05, 0.1) is 6.04 Å². The predicted molar refractivity (Wildman–Crippen MR) is 84.4 cm³/mol. The summed E-state index contributed by atoms with van der Waals surface area (Å²) in [6, 6.07) is 14.1. The molecule has 0 saturated heterocycles. The highest BCUT2D eigenvalue weighted by molar-refractivity contribution is 9.10. The van der Waals surface area contributed by atoms with Crippen LogP contribution in [0.4, 0.5) is 0 Å². The van der Waals surface area contributed by atoms with Crippen molar-refractivity contribution in [2.24, 2.45) is 0 Å². The van der Waals surface area contributed by atoms with E-state index in [1.54, 1.807) is 54.6 Å². The number of aliphatic carboxylic acids is 1. The first-order chi connectivity index (χ1) is 10.5. The highest BCUT2D eigenvalue weighted by atomic mass is 79.9. The van der Waals surface area contributed by atoms with E-state index >= 15 is 0 Å². The Labute approximate surface area is 135 Å². The zero-order valence-corrected chi connectivity index (χ0v) is 13.0. The summed E-state index contributed by atoms with van der Waals surface area (Å²) in [5, 5.41) is 21.4. The lowest BCUT2D eigenvalue weighted by molar-refractivity contribution is -0.148. The molecule has 0 aliphatic heterocycles. The first kappa shape index (κ1) is 16.2. The number of halogens is 1. The Bertz CT molecular complexity index is 658. The fourth-order valence-electron chi connectivity index (χ4n) is 1.97. The van der Waals surface area contributed by atoms with Gasteiger partial charge in [0.2, 0.25) is 0 Å². The van der Waals surface area contributed by atoms with Gasteiger partial charge < -0.3 is 15.5 Å². The maximum Gasteiger partial charge on any atom is 0.335 e. The molecular weight excluding hydrogens is 350 g/mol. The third-order valence-electron chi connectivity index (χ3n) is 3.12. The Morgan fingerprint density at radius 3 is 2.14 bits per heavy atom. The lowest BCUT2D eigenvalue weighted by atomic mass is 10.0. The molecule has 114 valence electrons. The maximum atomic E-state index is 12.2. The minimum absolute atomic E-state index is 0.377. The molecule has 5 nitrogen and oxygen atoms in total. The number of hydrogen-bond donors (Lipinski definition) is 3. The maximum absolute atomic E-state index is 12.2. The molecule has 0 bridgehead atoms. The van der Waals surface area contributed by atoms with E-state index in [2.05, 4.69) is 21.2 Å². The molecule has 0 aromatic heterocycles. The van der Waals surface area contributed by atoms with E-state index in [4.69, 9.17) is 5.11 Å². The first-order valence-electron chi connectivity index (χ1n) is 6.51. The number of aliphatic hydroxyl groups is 1. The highest BCUT2D eigenvalue weighted by Crippen LogP contribution is 2.18. The van der Waals surface area contributed by atoms with E-state index < -0.39 is 24.0 Å². The Morgan fingerprint density at radius 1 is 1.00 bits per heavy atom. The standard InChI is InChI=1S/C16H14BrNO4/c17-12-8-6-11(7-9-12)15(20)18-13(14(19)16(21)22)10-4-2-1-3-5-10/h1-9,13-14,19H,(H,18,20)(H,21,22)/t13-,14-/m0/s1. The van der Waals surface area contributed by atoms with Gasteiger partial charge in [-0.1, -0.05) is 46.3 Å². The molecule has 0 unspecified atom stereocenters. The molecule has 22 heavy (non-hydrogen) atoms. The number of nitrogens with one attached hydrogen (secondary N) is 1. The summed E-state index contributed by atoms with van der Waals surface area (Å²) in [7, 11) is 0. The average molecular weight is 364 g/mol. The van der Waals surface area contributed by atoms with Gasteiger partial charge in [0, 0.05) is 10.0 Å². The molecule has 2 aromatic rings. The molecule has 2 rings (SSSR count). The number of amides is 1. The van der Waals surface area contributed by atoms with Crippen LogP contribution in [0.25, 0.3) is 0 Å². The molecule has 0 heterocycles. The van der Waals surface area contributed by atoms with Crippen LogP contribution in [-0.2, 0) is 4.79 Å². The molecule has 2 aromatic carbocycles. The normalized spacial score (nSPS) is 13.2. The lowest BCUT2D eigenvalue weighted by Gasteiger charge is -2.22. The van der Waals surface area contributed by atoms with E-state index in [9.17, 15) is 14.7 Å². The number of carbonyl (C=O) groups excluding carboxylic acids is 1. The molecule has 0 radical (unpaired) electrons. The van der Waals surface area contributed by atoms with E-state index in [0.717, 1.165) is 4.47 Å². The summed E-state index contributed by atoms with van der Waals surface area (Å²) >= 11 is 3.27. The van der Waals surface area contributed by atoms with Crippen LogP contribution < -0.4 is 5.32 Å². The fraction of sp³-hybridized carbons (Fsp3) is 0.125. The molecule has 0 aliphatic rings. The van der Waals surface area contributed by atoms with Gasteiger partial charge in [-0.15, -0.1) is 0 Å². The van der Waals surface area contributed by atoms with Gasteiger partial charge in [-0.25, -0.2) is 4.79 Å². The zero-order chi connectivity index (χ0) is 16.1. The number of carbonyl (C=O) groups is 2. The van der Waals surface area contributed by atoms with Crippen molar-refractivity contribution >= 4 is 27.8 Å². The molecule has 2 atom stereocenters. The van der Waals surface area contributed by atoms with Gasteiger partial charge in [0.15, 0.2) is 6.10 Å². The molecule has 0 spiro atoms. The van der Waals surface area contributed by atoms with Crippen LogP contribution in [0.3, 0.4) is 0 Å². The van der Waals surface area contributed by atoms with Crippen LogP contribution in [-0.4, -0.2) is 28.2 Å². The second-order valence-corrected chi connectivity index (χ2v) is 5.57. The van der Waals surface area contributed by atoms with Crippen molar-refractivity contribution in [3.8, 4) is 0 Å². The van der Waals surface area contributed by atoms with Crippen LogP contribution in [0, 0.1) is 0 Å². The average Bonchev–Trinajstić information content (AvgIpc) is 2.53. The Hall–Kier alpha value is -2.18. The molecular formula is C16H14BrNO4. The van der Waals surface area contributed by atoms with Crippen molar-refractivity contribution in [2.45, 2.75) is 12.1 Å². The number of carboxylic acids is 1. The highest BCUT2D eigenvalue weighted by Gasteiger charge is 2.28. The molecule has 0 fully saturated rings. The van der Waals surface area contributed by atoms with E-state index in [1.165, 1.54) is 0 Å². The fourth-order valence-corrected chi connectivity index (χ4v) is 2.24. The largest absolute Gasteiger partial charge is 0.479 e. The van der Waals surface area contributed by atoms with Crippen molar-refractivity contribution in [3.63, 3.8) is 0 Å². The topological polar surface area (TPSA) is 86.6 Å². The van der Waals surface area contributed by atoms with Gasteiger partial charge in [0.25, 0.3) is 5.91 Å². The summed E-state index contributed by atoms with van der Waals surface area (Å²) < 4.78 is 0.828. The van der Waals surface area contributed by atoms with Crippen LogP contribution in [0.2, 0.25) is 0 Å². The third kappa shape index (κ3) is 3.93. The van der Waals surface area contributed by atoms with E-state index in [-0.39, 0.29) is 0 Å². The van der Waals surface area contributed by atoms with Crippen LogP contribution >= 0.6 is 15.9 Å². The monoisotopic (exact) mass is 363 g/mol. The number of benzene rings is 2. The summed E-state index contributed by atoms with van der Waals surface area (Å²) in [6.07, 6.45) is -1.73. The Balaban J connectivity index is 2.25. The second-order valence-electron chi connectivity index (χ2n) is 4.65. The third-order valence-corrected chi connectivity index (χ3v) is 3.65. The Morgan fingerprint density at radius 2 is 1.59 bits per heavy atom. The lowest BCUT2D eigenvalue weighted by Crippen LogP contribution is -2.40. The van der Waals surface area contributed by atoms with Crippen LogP contribution in [0.15, 0.2) is 59.1 Å². The smallest absolute Gasteiger partial charge is 0.335 e. The molecule has 0 saturated carbocycles. The van der Waals surface area contributed by atoms with Crippen molar-refractivity contribution in [3.05, 3.63) is 70.2 Å². The van der Waals surface area contributed by atoms with Crippen molar-refractivity contribution in [1.82, 2.24) is 5.32 Å². The first-order valence-corrected chi connectivity index (χ1v) is 7.30. The zero-order valence-electron chi connectivity index (χ0n) is 11.4. The van der Waals surface area contributed by atoms with Gasteiger partial charge in [-0.2, -0.15) is 0 Å². The quantitative estimate of drug-likeness (QED) is 0.760. The molecule has 1 amide bonds. The summed E-state index contributed by atoms with van der Waals surface area (Å²) in [4.78, 5) is 23.3. The molecule has 6 heteroatoms. The minimum atomic E-state index is -1.73. The minimum Gasteiger partial charge on any atom is -0.479 e. The van der Waals surface area contributed by atoms with Crippen molar-refractivity contribution in [2.75, 3.05) is 0 Å². The Kier molecular flexibility index (Phi) is 5.30. The molecule has 3 N–H and O–H groups in total. The number of carboxylic acid groups (broad SMARTS) is 1. The van der Waals surface area contributed by atoms with E-state index in [1.807, 2.05) is 0 Å². The molecule has 0 aliphatic carbocycles. The SMILES string of the molecule is O=C(N[C@@H](c1ccccc1)[C@H](O)C(=O)O)c1ccc(Br)cc1. The van der Waals surface area contributed by atoms with Gasteiger partial charge in [-0.3, -0.25) is 4.79 Å². The second kappa shape index (κ2) is 7.20. The summed E-state index contributed by atoms with van der Waals surface area (Å²) in [5.74, 6) is -1.85. The van der Waals surface area contributed by atoms with Gasteiger partial charge in [-0.05, 0) is 29.8 Å². The van der Waals surface area contributed by atoms with Crippen LogP contribution in [0.5, 0.6) is 0 Å². The van der Waals surface area contributed by atoms with Gasteiger partial charge >= 0.3 is 5.97 Å². The van der Waals surface area contributed by atoms with Crippen molar-refractivity contribution < 1.29 is 19.8 Å². The predicted octanol–water partition coefficient (Wildman–Crippen LogP) is 2.37. The van der Waals surface area contributed by atoms with Crippen molar-refractivity contribution in [1.29, 1.82) is 0 Å². The van der Waals surface area contributed by atoms with Crippen LogP contribution in [0.1, 0.15) is 22.0 Å². The number of rotatable bonds is 5. The number of aliphatic hydroxyl groups excluding tert-OH is 1. The van der Waals surface area contributed by atoms with E-state index in [0.29, 0.717) is 11.1 Å².